The van der Waals surface area contributed by atoms with Gasteiger partial charge >= 0.3 is 0 Å². The molecule has 0 spiro atoms. The van der Waals surface area contributed by atoms with Crippen molar-refractivity contribution in [2.45, 2.75) is 30.0 Å². The van der Waals surface area contributed by atoms with E-state index in [0.29, 0.717) is 35.6 Å². The Morgan fingerprint density at radius 2 is 2.12 bits per heavy atom. The number of hydrogen-bond donors (Lipinski definition) is 1. The quantitative estimate of drug-likeness (QED) is 0.734. The maximum atomic E-state index is 13.3. The van der Waals surface area contributed by atoms with E-state index in [1.54, 1.807) is 19.1 Å². The lowest BCUT2D eigenvalue weighted by Crippen LogP contribution is -2.34. The largest absolute Gasteiger partial charge is 0.380 e. The number of Topliss-reactive ketones (excluding diaryl/α,β-unsaturated/α-hetero) is 1. The zero-order valence-corrected chi connectivity index (χ0v) is 16.8. The van der Waals surface area contributed by atoms with Gasteiger partial charge in [-0.25, -0.2) is 17.5 Å². The van der Waals surface area contributed by atoms with E-state index in [2.05, 4.69) is 4.72 Å². The molecule has 1 aliphatic heterocycles. The number of ketones is 1. The summed E-state index contributed by atoms with van der Waals surface area (Å²) in [5.41, 5.74) is 1.17. The third kappa shape index (κ3) is 4.92. The molecule has 1 aromatic heterocycles. The molecule has 1 aromatic carbocycles. The van der Waals surface area contributed by atoms with Gasteiger partial charge in [0.1, 0.15) is 10.0 Å². The first-order valence-corrected chi connectivity index (χ1v) is 10.1. The van der Waals surface area contributed by atoms with Crippen molar-refractivity contribution in [3.05, 3.63) is 52.2 Å². The van der Waals surface area contributed by atoms with Crippen LogP contribution in [0.25, 0.3) is 0 Å². The Hall–Kier alpha value is -1.26. The van der Waals surface area contributed by atoms with E-state index in [9.17, 15) is 17.6 Å². The molecule has 1 N–H and O–H groups in total. The highest BCUT2D eigenvalue weighted by atomic mass is 32.2. The molecular formula is C17H20FNO4S3. The number of hydrogen-bond acceptors (Lipinski definition) is 5. The maximum Gasteiger partial charge on any atom is 0.250 e. The van der Waals surface area contributed by atoms with Gasteiger partial charge in [-0.05, 0) is 42.7 Å². The third-order valence-electron chi connectivity index (χ3n) is 3.96. The van der Waals surface area contributed by atoms with Crippen LogP contribution in [-0.2, 0) is 21.2 Å². The summed E-state index contributed by atoms with van der Waals surface area (Å²) in [5, 5.41) is 0. The number of nitrogens with one attached hydrogen (secondary N) is 1. The maximum absolute atomic E-state index is 13.3. The summed E-state index contributed by atoms with van der Waals surface area (Å²) in [6.07, 6.45) is 0.741. The Balaban J connectivity index is 0.00000243. The van der Waals surface area contributed by atoms with Gasteiger partial charge in [-0.15, -0.1) is 11.3 Å². The summed E-state index contributed by atoms with van der Waals surface area (Å²) in [6, 6.07) is 7.24. The second kappa shape index (κ2) is 8.62. The number of rotatable bonds is 6. The SMILES string of the molecule is Cc1cc(CC(=O)c2ccc(S(=O)(=O)N[C@H]3CCOC3)s2)ccc1F.S. The van der Waals surface area contributed by atoms with Crippen LogP contribution in [0.2, 0.25) is 0 Å². The van der Waals surface area contributed by atoms with Crippen LogP contribution < -0.4 is 4.72 Å². The lowest BCUT2D eigenvalue weighted by molar-refractivity contribution is 0.0997. The third-order valence-corrected chi connectivity index (χ3v) is 7.10. The van der Waals surface area contributed by atoms with Crippen molar-refractivity contribution in [1.82, 2.24) is 4.72 Å². The van der Waals surface area contributed by atoms with Crippen molar-refractivity contribution in [2.24, 2.45) is 0 Å². The molecule has 0 aliphatic carbocycles. The summed E-state index contributed by atoms with van der Waals surface area (Å²) in [7, 11) is -3.65. The average Bonchev–Trinajstić information content (AvgIpc) is 3.22. The van der Waals surface area contributed by atoms with Crippen molar-refractivity contribution in [1.29, 1.82) is 0 Å². The second-order valence-electron chi connectivity index (χ2n) is 5.98. The first-order chi connectivity index (χ1) is 11.8. The molecule has 1 aliphatic rings. The van der Waals surface area contributed by atoms with Crippen molar-refractivity contribution in [3.8, 4) is 0 Å². The molecule has 1 saturated heterocycles. The van der Waals surface area contributed by atoms with Gasteiger partial charge in [0.25, 0.3) is 0 Å². The average molecular weight is 418 g/mol. The van der Waals surface area contributed by atoms with E-state index in [-0.39, 0.29) is 41.8 Å². The molecule has 0 radical (unpaired) electrons. The Morgan fingerprint density at radius 1 is 1.35 bits per heavy atom. The van der Waals surface area contributed by atoms with E-state index in [1.807, 2.05) is 0 Å². The number of carbonyl (C=O) groups is 1. The molecule has 9 heteroatoms. The van der Waals surface area contributed by atoms with Gasteiger partial charge in [-0.1, -0.05) is 12.1 Å². The summed E-state index contributed by atoms with van der Waals surface area (Å²) in [5.74, 6) is -0.510. The fourth-order valence-electron chi connectivity index (χ4n) is 2.61. The highest BCUT2D eigenvalue weighted by molar-refractivity contribution is 7.91. The van der Waals surface area contributed by atoms with Gasteiger partial charge in [0, 0.05) is 19.1 Å². The molecule has 1 fully saturated rings. The molecule has 0 saturated carbocycles. The zero-order chi connectivity index (χ0) is 18.0. The molecule has 0 bridgehead atoms. The number of aryl methyl sites for hydroxylation is 1. The number of thiophene rings is 1. The van der Waals surface area contributed by atoms with Gasteiger partial charge in [0.15, 0.2) is 5.78 Å². The lowest BCUT2D eigenvalue weighted by atomic mass is 10.1. The van der Waals surface area contributed by atoms with E-state index < -0.39 is 10.0 Å². The number of sulfonamides is 1. The molecule has 0 unspecified atom stereocenters. The summed E-state index contributed by atoms with van der Waals surface area (Å²) in [6.45, 7) is 2.54. The van der Waals surface area contributed by atoms with Crippen LogP contribution in [0.4, 0.5) is 4.39 Å². The van der Waals surface area contributed by atoms with Crippen LogP contribution in [0.3, 0.4) is 0 Å². The van der Waals surface area contributed by atoms with Crippen molar-refractivity contribution >= 4 is 40.6 Å². The standard InChI is InChI=1S/C17H18FNO4S2.H2S/c1-11-8-12(2-3-14(11)18)9-15(20)16-4-5-17(24-16)25(21,22)19-13-6-7-23-10-13;/h2-5,8,13,19H,6-7,9-10H2,1H3;1H2/t13-;/m0./s1. The van der Waals surface area contributed by atoms with Crippen LogP contribution in [-0.4, -0.2) is 33.5 Å². The molecule has 26 heavy (non-hydrogen) atoms. The molecule has 0 amide bonds. The molecule has 1 atom stereocenters. The highest BCUT2D eigenvalue weighted by Gasteiger charge is 2.25. The normalized spacial score (nSPS) is 17.1. The fourth-order valence-corrected chi connectivity index (χ4v) is 5.12. The molecule has 5 nitrogen and oxygen atoms in total. The van der Waals surface area contributed by atoms with Crippen molar-refractivity contribution < 1.29 is 22.3 Å². The van der Waals surface area contributed by atoms with Crippen LogP contribution in [0, 0.1) is 12.7 Å². The second-order valence-corrected chi connectivity index (χ2v) is 9.01. The first-order valence-electron chi connectivity index (χ1n) is 7.83. The van der Waals surface area contributed by atoms with E-state index in [0.717, 1.165) is 11.3 Å². The monoisotopic (exact) mass is 417 g/mol. The topological polar surface area (TPSA) is 72.5 Å². The Morgan fingerprint density at radius 3 is 2.77 bits per heavy atom. The van der Waals surface area contributed by atoms with Crippen molar-refractivity contribution in [3.63, 3.8) is 0 Å². The van der Waals surface area contributed by atoms with Crippen LogP contribution >= 0.6 is 24.8 Å². The van der Waals surface area contributed by atoms with Gasteiger partial charge < -0.3 is 4.74 Å². The summed E-state index contributed by atoms with van der Waals surface area (Å²) < 4.78 is 45.9. The predicted octanol–water partition coefficient (Wildman–Crippen LogP) is 2.80. The van der Waals surface area contributed by atoms with E-state index >= 15 is 0 Å². The fraction of sp³-hybridized carbons (Fsp3) is 0.353. The number of ether oxygens (including phenoxy) is 1. The van der Waals surface area contributed by atoms with Crippen LogP contribution in [0.15, 0.2) is 34.5 Å². The Bertz CT molecular complexity index is 889. The van der Waals surface area contributed by atoms with Crippen molar-refractivity contribution in [2.75, 3.05) is 13.2 Å². The van der Waals surface area contributed by atoms with Gasteiger partial charge in [-0.2, -0.15) is 13.5 Å². The van der Waals surface area contributed by atoms with Crippen LogP contribution in [0.1, 0.15) is 27.2 Å². The summed E-state index contributed by atoms with van der Waals surface area (Å²) in [4.78, 5) is 12.7. The van der Waals surface area contributed by atoms with E-state index in [1.165, 1.54) is 18.2 Å². The van der Waals surface area contributed by atoms with Gasteiger partial charge in [0.2, 0.25) is 10.0 Å². The predicted molar refractivity (Wildman–Crippen MR) is 103 cm³/mol. The zero-order valence-electron chi connectivity index (χ0n) is 14.1. The van der Waals surface area contributed by atoms with Gasteiger partial charge in [-0.3, -0.25) is 4.79 Å². The Labute approximate surface area is 163 Å². The first kappa shape index (κ1) is 21.0. The Kier molecular flexibility index (Phi) is 6.98. The molecule has 3 rings (SSSR count). The number of benzene rings is 1. The number of carbonyl (C=O) groups excluding carboxylic acids is 1. The molecule has 2 aromatic rings. The molecule has 142 valence electrons. The molecular weight excluding hydrogens is 397 g/mol. The molecule has 2 heterocycles. The smallest absolute Gasteiger partial charge is 0.250 e. The minimum absolute atomic E-state index is 0. The minimum atomic E-state index is -3.65. The summed E-state index contributed by atoms with van der Waals surface area (Å²) >= 11 is 0.943. The van der Waals surface area contributed by atoms with Crippen LogP contribution in [0.5, 0.6) is 0 Å². The lowest BCUT2D eigenvalue weighted by Gasteiger charge is -2.09. The van der Waals surface area contributed by atoms with Gasteiger partial charge in [0.05, 0.1) is 11.5 Å². The highest BCUT2D eigenvalue weighted by Crippen LogP contribution is 2.24. The minimum Gasteiger partial charge on any atom is -0.380 e. The number of halogens is 1. The van der Waals surface area contributed by atoms with E-state index in [4.69, 9.17) is 4.74 Å².